The van der Waals surface area contributed by atoms with E-state index in [0.29, 0.717) is 12.2 Å². The average molecular weight is 203 g/mol. The molecule has 0 radical (unpaired) electrons. The summed E-state index contributed by atoms with van der Waals surface area (Å²) >= 11 is 0. The highest BCUT2D eigenvalue weighted by molar-refractivity contribution is 5.85. The standard InChI is InChI=1S/C13H17NO/c1-9-4-3-5-10(2)12(9)6-13(15)11-7-14-8-11/h3-5,11,14H,6-8H2,1-2H3. The van der Waals surface area contributed by atoms with E-state index in [1.807, 2.05) is 6.07 Å². The van der Waals surface area contributed by atoms with Crippen LogP contribution in [-0.2, 0) is 11.2 Å². The van der Waals surface area contributed by atoms with Gasteiger partial charge in [0.15, 0.2) is 0 Å². The van der Waals surface area contributed by atoms with Crippen molar-refractivity contribution in [1.82, 2.24) is 5.32 Å². The van der Waals surface area contributed by atoms with Crippen molar-refractivity contribution < 1.29 is 4.79 Å². The predicted molar refractivity (Wildman–Crippen MR) is 61.0 cm³/mol. The molecule has 2 heteroatoms. The molecule has 2 nitrogen and oxygen atoms in total. The van der Waals surface area contributed by atoms with Gasteiger partial charge in [0.2, 0.25) is 0 Å². The highest BCUT2D eigenvalue weighted by Crippen LogP contribution is 2.17. The lowest BCUT2D eigenvalue weighted by Crippen LogP contribution is -2.47. The Bertz CT molecular complexity index is 360. The summed E-state index contributed by atoms with van der Waals surface area (Å²) in [6.07, 6.45) is 0.602. The van der Waals surface area contributed by atoms with Gasteiger partial charge in [0.05, 0.1) is 0 Å². The molecular weight excluding hydrogens is 186 g/mol. The maximum atomic E-state index is 11.9. The van der Waals surface area contributed by atoms with Crippen molar-refractivity contribution >= 4 is 5.78 Å². The van der Waals surface area contributed by atoms with Gasteiger partial charge in [0.25, 0.3) is 0 Å². The lowest BCUT2D eigenvalue weighted by atomic mass is 9.90. The van der Waals surface area contributed by atoms with Crippen LogP contribution in [0.1, 0.15) is 16.7 Å². The number of carbonyl (C=O) groups excluding carboxylic acids is 1. The van der Waals surface area contributed by atoms with Gasteiger partial charge in [-0.05, 0) is 30.5 Å². The fraction of sp³-hybridized carbons (Fsp3) is 0.462. The van der Waals surface area contributed by atoms with Gasteiger partial charge < -0.3 is 5.32 Å². The van der Waals surface area contributed by atoms with Crippen LogP contribution in [0.5, 0.6) is 0 Å². The minimum absolute atomic E-state index is 0.254. The van der Waals surface area contributed by atoms with Crippen LogP contribution >= 0.6 is 0 Å². The van der Waals surface area contributed by atoms with Gasteiger partial charge in [-0.25, -0.2) is 0 Å². The Labute approximate surface area is 90.7 Å². The Morgan fingerprint density at radius 3 is 2.40 bits per heavy atom. The summed E-state index contributed by atoms with van der Waals surface area (Å²) in [5.41, 5.74) is 3.68. The number of rotatable bonds is 3. The van der Waals surface area contributed by atoms with E-state index < -0.39 is 0 Å². The summed E-state index contributed by atoms with van der Waals surface area (Å²) in [5, 5.41) is 3.14. The smallest absolute Gasteiger partial charge is 0.142 e. The van der Waals surface area contributed by atoms with Gasteiger partial charge in [0, 0.05) is 25.4 Å². The largest absolute Gasteiger partial charge is 0.315 e. The van der Waals surface area contributed by atoms with E-state index in [1.165, 1.54) is 16.7 Å². The van der Waals surface area contributed by atoms with E-state index in [0.717, 1.165) is 13.1 Å². The summed E-state index contributed by atoms with van der Waals surface area (Å²) in [7, 11) is 0. The van der Waals surface area contributed by atoms with Crippen molar-refractivity contribution in [1.29, 1.82) is 0 Å². The van der Waals surface area contributed by atoms with E-state index in [-0.39, 0.29) is 5.92 Å². The van der Waals surface area contributed by atoms with Crippen molar-refractivity contribution in [3.8, 4) is 0 Å². The molecule has 1 aliphatic heterocycles. The zero-order valence-electron chi connectivity index (χ0n) is 9.34. The van der Waals surface area contributed by atoms with Crippen molar-refractivity contribution in [2.75, 3.05) is 13.1 Å². The molecule has 1 fully saturated rings. The summed E-state index contributed by atoms with van der Waals surface area (Å²) in [6.45, 7) is 5.89. The summed E-state index contributed by atoms with van der Waals surface area (Å²) in [4.78, 5) is 11.9. The van der Waals surface area contributed by atoms with Crippen LogP contribution in [-0.4, -0.2) is 18.9 Å². The number of aryl methyl sites for hydroxylation is 2. The number of carbonyl (C=O) groups is 1. The molecule has 1 aromatic rings. The average Bonchev–Trinajstić information content (AvgIpc) is 2.08. The number of Topliss-reactive ketones (excluding diaryl/α,β-unsaturated/α-hetero) is 1. The lowest BCUT2D eigenvalue weighted by Gasteiger charge is -2.26. The van der Waals surface area contributed by atoms with E-state index in [1.54, 1.807) is 0 Å². The van der Waals surface area contributed by atoms with Crippen molar-refractivity contribution in [3.63, 3.8) is 0 Å². The fourth-order valence-corrected chi connectivity index (χ4v) is 1.96. The molecule has 0 saturated carbocycles. The van der Waals surface area contributed by atoms with E-state index >= 15 is 0 Å². The van der Waals surface area contributed by atoms with Gasteiger partial charge in [-0.1, -0.05) is 18.2 Å². The van der Waals surface area contributed by atoms with Crippen molar-refractivity contribution in [2.24, 2.45) is 5.92 Å². The first kappa shape index (κ1) is 10.4. The molecule has 1 N–H and O–H groups in total. The van der Waals surface area contributed by atoms with Gasteiger partial charge in [-0.15, -0.1) is 0 Å². The van der Waals surface area contributed by atoms with Crippen LogP contribution in [0.15, 0.2) is 18.2 Å². The Morgan fingerprint density at radius 1 is 1.33 bits per heavy atom. The molecule has 0 aliphatic carbocycles. The van der Waals surface area contributed by atoms with Crippen molar-refractivity contribution in [2.45, 2.75) is 20.3 Å². The van der Waals surface area contributed by atoms with Crippen LogP contribution < -0.4 is 5.32 Å². The van der Waals surface area contributed by atoms with Gasteiger partial charge in [-0.2, -0.15) is 0 Å². The molecule has 0 unspecified atom stereocenters. The highest BCUT2D eigenvalue weighted by Gasteiger charge is 2.25. The normalized spacial score (nSPS) is 16.1. The number of benzene rings is 1. The molecule has 1 saturated heterocycles. The molecule has 1 aliphatic rings. The SMILES string of the molecule is Cc1cccc(C)c1CC(=O)C1CNC1. The van der Waals surface area contributed by atoms with Gasteiger partial charge in [0.1, 0.15) is 5.78 Å². The minimum Gasteiger partial charge on any atom is -0.315 e. The predicted octanol–water partition coefficient (Wildman–Crippen LogP) is 1.63. The molecule has 0 aromatic heterocycles. The number of hydrogen-bond acceptors (Lipinski definition) is 2. The topological polar surface area (TPSA) is 29.1 Å². The summed E-state index contributed by atoms with van der Waals surface area (Å²) in [6, 6.07) is 6.20. The first-order chi connectivity index (χ1) is 7.18. The molecule has 2 rings (SSSR count). The van der Waals surface area contributed by atoms with E-state index in [4.69, 9.17) is 0 Å². The monoisotopic (exact) mass is 203 g/mol. The molecule has 1 heterocycles. The molecule has 0 atom stereocenters. The maximum Gasteiger partial charge on any atom is 0.142 e. The zero-order chi connectivity index (χ0) is 10.8. The first-order valence-corrected chi connectivity index (χ1v) is 5.47. The fourth-order valence-electron chi connectivity index (χ4n) is 1.96. The zero-order valence-corrected chi connectivity index (χ0v) is 9.34. The van der Waals surface area contributed by atoms with E-state index in [9.17, 15) is 4.79 Å². The third-order valence-electron chi connectivity index (χ3n) is 3.23. The molecule has 80 valence electrons. The maximum absolute atomic E-state index is 11.9. The second-order valence-corrected chi connectivity index (χ2v) is 4.37. The molecule has 0 amide bonds. The van der Waals surface area contributed by atoms with Crippen LogP contribution in [0.3, 0.4) is 0 Å². The van der Waals surface area contributed by atoms with E-state index in [2.05, 4.69) is 31.3 Å². The molecule has 15 heavy (non-hydrogen) atoms. The number of nitrogens with one attached hydrogen (secondary N) is 1. The Morgan fingerprint density at radius 2 is 1.93 bits per heavy atom. The number of ketones is 1. The Balaban J connectivity index is 2.12. The second kappa shape index (κ2) is 4.15. The van der Waals surface area contributed by atoms with Crippen molar-refractivity contribution in [3.05, 3.63) is 34.9 Å². The second-order valence-electron chi connectivity index (χ2n) is 4.37. The highest BCUT2D eigenvalue weighted by atomic mass is 16.1. The molecule has 1 aromatic carbocycles. The van der Waals surface area contributed by atoms with Crippen LogP contribution in [0.25, 0.3) is 0 Å². The Kier molecular flexibility index (Phi) is 2.87. The molecule has 0 spiro atoms. The molecular formula is C13H17NO. The quantitative estimate of drug-likeness (QED) is 0.809. The van der Waals surface area contributed by atoms with Crippen LogP contribution in [0.4, 0.5) is 0 Å². The third kappa shape index (κ3) is 2.10. The van der Waals surface area contributed by atoms with Crippen LogP contribution in [0.2, 0.25) is 0 Å². The number of hydrogen-bond donors (Lipinski definition) is 1. The van der Waals surface area contributed by atoms with Gasteiger partial charge >= 0.3 is 0 Å². The molecule has 0 bridgehead atoms. The summed E-state index contributed by atoms with van der Waals surface area (Å²) in [5.74, 6) is 0.634. The van der Waals surface area contributed by atoms with Crippen LogP contribution in [0, 0.1) is 19.8 Å². The lowest BCUT2D eigenvalue weighted by molar-refractivity contribution is -0.123. The Hall–Kier alpha value is -1.15. The first-order valence-electron chi connectivity index (χ1n) is 5.47. The third-order valence-corrected chi connectivity index (χ3v) is 3.23. The summed E-state index contributed by atoms with van der Waals surface area (Å²) < 4.78 is 0. The van der Waals surface area contributed by atoms with Gasteiger partial charge in [-0.3, -0.25) is 4.79 Å². The minimum atomic E-state index is 0.254.